The largest absolute Gasteiger partial charge is 0.479 e. The third kappa shape index (κ3) is 1.79. The number of rotatable bonds is 2. The maximum Gasteiger partial charge on any atom is 0.337 e. The molecule has 1 unspecified atom stereocenters. The van der Waals surface area contributed by atoms with Crippen molar-refractivity contribution >= 4 is 17.6 Å². The zero-order valence-electron chi connectivity index (χ0n) is 8.37. The molecule has 1 aliphatic rings. The highest BCUT2D eigenvalue weighted by Crippen LogP contribution is 2.32. The van der Waals surface area contributed by atoms with E-state index < -0.39 is 17.9 Å². The van der Waals surface area contributed by atoms with Crippen molar-refractivity contribution in [3.8, 4) is 0 Å². The van der Waals surface area contributed by atoms with Crippen LogP contribution in [0.5, 0.6) is 0 Å². The zero-order chi connectivity index (χ0) is 11.7. The molecule has 1 aromatic rings. The number of hydrogen-bond donors (Lipinski definition) is 1. The fourth-order valence-electron chi connectivity index (χ4n) is 1.94. The van der Waals surface area contributed by atoms with Gasteiger partial charge in [-0.2, -0.15) is 0 Å². The van der Waals surface area contributed by atoms with E-state index in [1.807, 2.05) is 0 Å². The standard InChI is InChI=1S/C11H10ClFO3/c12-5-6-1-2-8(13)9-7(6)3-4-16-10(9)11(14)15/h1-2,10H,3-5H2,(H,14,15). The van der Waals surface area contributed by atoms with Gasteiger partial charge in [0.05, 0.1) is 6.61 Å². The van der Waals surface area contributed by atoms with E-state index in [2.05, 4.69) is 0 Å². The quantitative estimate of drug-likeness (QED) is 0.812. The van der Waals surface area contributed by atoms with Crippen molar-refractivity contribution in [1.29, 1.82) is 0 Å². The van der Waals surface area contributed by atoms with Crippen LogP contribution in [0.1, 0.15) is 22.8 Å². The highest BCUT2D eigenvalue weighted by molar-refractivity contribution is 6.17. The smallest absolute Gasteiger partial charge is 0.337 e. The van der Waals surface area contributed by atoms with E-state index in [0.717, 1.165) is 5.56 Å². The van der Waals surface area contributed by atoms with Gasteiger partial charge >= 0.3 is 5.97 Å². The van der Waals surface area contributed by atoms with Crippen LogP contribution >= 0.6 is 11.6 Å². The van der Waals surface area contributed by atoms with Gasteiger partial charge in [0.25, 0.3) is 0 Å². The molecule has 1 atom stereocenters. The fourth-order valence-corrected chi connectivity index (χ4v) is 2.19. The zero-order valence-corrected chi connectivity index (χ0v) is 9.13. The molecule has 0 saturated heterocycles. The monoisotopic (exact) mass is 244 g/mol. The van der Waals surface area contributed by atoms with Gasteiger partial charge in [0.2, 0.25) is 0 Å². The molecule has 0 amide bonds. The Morgan fingerprint density at radius 2 is 2.38 bits per heavy atom. The third-order valence-corrected chi connectivity index (χ3v) is 2.96. The molecule has 16 heavy (non-hydrogen) atoms. The lowest BCUT2D eigenvalue weighted by atomic mass is 9.93. The SMILES string of the molecule is O=C(O)C1OCCc2c(CCl)ccc(F)c21. The predicted octanol–water partition coefficient (Wildman–Crippen LogP) is 2.26. The van der Waals surface area contributed by atoms with Gasteiger partial charge in [0, 0.05) is 11.4 Å². The summed E-state index contributed by atoms with van der Waals surface area (Å²) in [6.45, 7) is 0.275. The van der Waals surface area contributed by atoms with Gasteiger partial charge in [0.15, 0.2) is 6.10 Å². The Kier molecular flexibility index (Phi) is 3.12. The maximum absolute atomic E-state index is 13.6. The summed E-state index contributed by atoms with van der Waals surface area (Å²) in [5.74, 6) is -1.47. The highest BCUT2D eigenvalue weighted by atomic mass is 35.5. The van der Waals surface area contributed by atoms with Crippen LogP contribution < -0.4 is 0 Å². The van der Waals surface area contributed by atoms with Gasteiger partial charge in [-0.3, -0.25) is 0 Å². The van der Waals surface area contributed by atoms with Crippen molar-refractivity contribution in [2.45, 2.75) is 18.4 Å². The second-order valence-electron chi connectivity index (χ2n) is 3.57. The first-order valence-corrected chi connectivity index (χ1v) is 5.39. The number of alkyl halides is 1. The minimum absolute atomic E-state index is 0.122. The molecule has 1 aliphatic heterocycles. The van der Waals surface area contributed by atoms with Crippen molar-refractivity contribution in [3.05, 3.63) is 34.6 Å². The first-order valence-electron chi connectivity index (χ1n) is 4.85. The van der Waals surface area contributed by atoms with Crippen LogP contribution in [-0.2, 0) is 21.8 Å². The maximum atomic E-state index is 13.6. The number of aliphatic carboxylic acids is 1. The molecule has 0 aliphatic carbocycles. The Labute approximate surface area is 96.8 Å². The molecule has 0 saturated carbocycles. The molecular weight excluding hydrogens is 235 g/mol. The predicted molar refractivity (Wildman–Crippen MR) is 56.0 cm³/mol. The molecular formula is C11H10ClFO3. The fraction of sp³-hybridized carbons (Fsp3) is 0.364. The Morgan fingerprint density at radius 3 is 3.00 bits per heavy atom. The van der Waals surface area contributed by atoms with E-state index in [1.165, 1.54) is 6.07 Å². The molecule has 86 valence electrons. The van der Waals surface area contributed by atoms with Gasteiger partial charge in [-0.1, -0.05) is 6.07 Å². The number of carboxylic acid groups (broad SMARTS) is 1. The van der Waals surface area contributed by atoms with Gasteiger partial charge in [0.1, 0.15) is 5.82 Å². The van der Waals surface area contributed by atoms with Gasteiger partial charge in [-0.05, 0) is 23.6 Å². The molecule has 1 N–H and O–H groups in total. The number of hydrogen-bond acceptors (Lipinski definition) is 2. The minimum atomic E-state index is -1.22. The molecule has 0 fully saturated rings. The summed E-state index contributed by atoms with van der Waals surface area (Å²) >= 11 is 5.73. The second-order valence-corrected chi connectivity index (χ2v) is 3.84. The summed E-state index contributed by atoms with van der Waals surface area (Å²) in [5.41, 5.74) is 1.57. The van der Waals surface area contributed by atoms with Crippen LogP contribution in [-0.4, -0.2) is 17.7 Å². The summed E-state index contributed by atoms with van der Waals surface area (Å²) in [4.78, 5) is 10.9. The molecule has 0 aromatic heterocycles. The van der Waals surface area contributed by atoms with E-state index in [4.69, 9.17) is 21.4 Å². The van der Waals surface area contributed by atoms with Crippen LogP contribution in [0.4, 0.5) is 4.39 Å². The van der Waals surface area contributed by atoms with Crippen molar-refractivity contribution in [2.24, 2.45) is 0 Å². The van der Waals surface area contributed by atoms with E-state index in [-0.39, 0.29) is 18.1 Å². The number of benzene rings is 1. The summed E-state index contributed by atoms with van der Waals surface area (Å²) in [6, 6.07) is 2.83. The van der Waals surface area contributed by atoms with E-state index in [0.29, 0.717) is 12.0 Å². The van der Waals surface area contributed by atoms with Gasteiger partial charge in [-0.15, -0.1) is 11.6 Å². The number of fused-ring (bicyclic) bond motifs is 1. The van der Waals surface area contributed by atoms with Crippen molar-refractivity contribution < 1.29 is 19.0 Å². The normalized spacial score (nSPS) is 19.2. The third-order valence-electron chi connectivity index (χ3n) is 2.67. The number of carbonyl (C=O) groups is 1. The molecule has 0 radical (unpaired) electrons. The van der Waals surface area contributed by atoms with E-state index >= 15 is 0 Å². The topological polar surface area (TPSA) is 46.5 Å². The van der Waals surface area contributed by atoms with Crippen LogP contribution in [0.15, 0.2) is 12.1 Å². The average Bonchev–Trinajstić information content (AvgIpc) is 2.29. The molecule has 1 heterocycles. The number of halogens is 2. The first kappa shape index (κ1) is 11.4. The van der Waals surface area contributed by atoms with Crippen LogP contribution in [0, 0.1) is 5.82 Å². The summed E-state index contributed by atoms with van der Waals surface area (Å²) in [7, 11) is 0. The molecule has 3 nitrogen and oxygen atoms in total. The summed E-state index contributed by atoms with van der Waals surface area (Å²) in [6.07, 6.45) is -0.717. The second kappa shape index (κ2) is 4.39. The van der Waals surface area contributed by atoms with Gasteiger partial charge in [-0.25, -0.2) is 9.18 Å². The van der Waals surface area contributed by atoms with Crippen molar-refractivity contribution in [1.82, 2.24) is 0 Å². The Hall–Kier alpha value is -1.13. The Bertz CT molecular complexity index is 433. The lowest BCUT2D eigenvalue weighted by molar-refractivity contribution is -0.152. The van der Waals surface area contributed by atoms with E-state index in [9.17, 15) is 9.18 Å². The van der Waals surface area contributed by atoms with Crippen LogP contribution in [0.25, 0.3) is 0 Å². The highest BCUT2D eigenvalue weighted by Gasteiger charge is 2.31. The number of carboxylic acids is 1. The average molecular weight is 245 g/mol. The first-order chi connectivity index (χ1) is 7.65. The molecule has 0 spiro atoms. The molecule has 0 bridgehead atoms. The Balaban J connectivity index is 2.58. The minimum Gasteiger partial charge on any atom is -0.479 e. The molecule has 1 aromatic carbocycles. The van der Waals surface area contributed by atoms with Crippen molar-refractivity contribution in [2.75, 3.05) is 6.61 Å². The van der Waals surface area contributed by atoms with Crippen LogP contribution in [0.3, 0.4) is 0 Å². The number of ether oxygens (including phenoxy) is 1. The lowest BCUT2D eigenvalue weighted by Crippen LogP contribution is -2.25. The van der Waals surface area contributed by atoms with Gasteiger partial charge < -0.3 is 9.84 Å². The van der Waals surface area contributed by atoms with Crippen LogP contribution in [0.2, 0.25) is 0 Å². The Morgan fingerprint density at radius 1 is 1.62 bits per heavy atom. The summed E-state index contributed by atoms with van der Waals surface area (Å²) in [5, 5.41) is 8.95. The summed E-state index contributed by atoms with van der Waals surface area (Å²) < 4.78 is 18.7. The molecule has 5 heteroatoms. The van der Waals surface area contributed by atoms with E-state index in [1.54, 1.807) is 6.07 Å². The lowest BCUT2D eigenvalue weighted by Gasteiger charge is -2.25. The molecule has 2 rings (SSSR count). The van der Waals surface area contributed by atoms with Crippen molar-refractivity contribution in [3.63, 3.8) is 0 Å².